The zero-order valence-corrected chi connectivity index (χ0v) is 14.5. The maximum atomic E-state index is 13.0. The fourth-order valence-electron chi connectivity index (χ4n) is 2.92. The number of anilines is 1. The van der Waals surface area contributed by atoms with Crippen molar-refractivity contribution in [2.24, 2.45) is 0 Å². The normalized spacial score (nSPS) is 12.7. The molecule has 2 aromatic rings. The Balaban J connectivity index is 1.84. The largest absolute Gasteiger partial charge is 0.468 e. The number of benzene rings is 2. The van der Waals surface area contributed by atoms with Gasteiger partial charge in [0.15, 0.2) is 0 Å². The Hall–Kier alpha value is -3.15. The smallest absolute Gasteiger partial charge is 0.325 e. The molecule has 0 radical (unpaired) electrons. The number of nitrogens with one attached hydrogen (secondary N) is 1. The van der Waals surface area contributed by atoms with Crippen molar-refractivity contribution >= 4 is 23.5 Å². The molecule has 2 amide bonds. The number of nitrogens with zero attached hydrogens (tertiary/aromatic N) is 1. The molecule has 0 aromatic heterocycles. The van der Waals surface area contributed by atoms with Crippen molar-refractivity contribution < 1.29 is 19.1 Å². The first-order chi connectivity index (χ1) is 12.6. The number of rotatable bonds is 5. The molecule has 134 valence electrons. The molecule has 26 heavy (non-hydrogen) atoms. The number of ether oxygens (including phenoxy) is 1. The molecule has 0 saturated carbocycles. The highest BCUT2D eigenvalue weighted by Crippen LogP contribution is 2.24. The molecule has 1 N–H and O–H groups in total. The number of carbonyl (C=O) groups is 3. The number of amides is 2. The minimum absolute atomic E-state index is 0.0204. The molecule has 1 aliphatic heterocycles. The second kappa shape index (κ2) is 7.82. The Morgan fingerprint density at radius 1 is 1.12 bits per heavy atom. The molecule has 1 heterocycles. The van der Waals surface area contributed by atoms with Gasteiger partial charge in [0.25, 0.3) is 5.91 Å². The maximum absolute atomic E-state index is 13.0. The molecule has 1 aliphatic rings. The summed E-state index contributed by atoms with van der Waals surface area (Å²) in [7, 11) is 1.30. The van der Waals surface area contributed by atoms with Gasteiger partial charge in [-0.1, -0.05) is 30.3 Å². The van der Waals surface area contributed by atoms with E-state index in [1.165, 1.54) is 12.0 Å². The van der Waals surface area contributed by atoms with Gasteiger partial charge >= 0.3 is 5.97 Å². The first kappa shape index (κ1) is 17.7. The number of aryl methyl sites for hydroxylation is 1. The van der Waals surface area contributed by atoms with Crippen molar-refractivity contribution in [3.8, 4) is 0 Å². The van der Waals surface area contributed by atoms with E-state index >= 15 is 0 Å². The molecule has 0 unspecified atom stereocenters. The van der Waals surface area contributed by atoms with Gasteiger partial charge in [0.2, 0.25) is 5.91 Å². The average Bonchev–Trinajstić information content (AvgIpc) is 2.67. The van der Waals surface area contributed by atoms with Gasteiger partial charge in [0, 0.05) is 24.2 Å². The van der Waals surface area contributed by atoms with E-state index in [0.29, 0.717) is 24.9 Å². The summed E-state index contributed by atoms with van der Waals surface area (Å²) in [6.45, 7) is 0.181. The van der Waals surface area contributed by atoms with Crippen LogP contribution >= 0.6 is 0 Å². The van der Waals surface area contributed by atoms with Gasteiger partial charge in [-0.15, -0.1) is 0 Å². The van der Waals surface area contributed by atoms with Crippen LogP contribution in [-0.4, -0.2) is 36.3 Å². The van der Waals surface area contributed by atoms with Crippen LogP contribution in [0.3, 0.4) is 0 Å². The Bertz CT molecular complexity index is 833. The van der Waals surface area contributed by atoms with E-state index in [0.717, 1.165) is 16.8 Å². The van der Waals surface area contributed by atoms with E-state index in [1.807, 2.05) is 30.3 Å². The van der Waals surface area contributed by atoms with Crippen molar-refractivity contribution in [1.29, 1.82) is 0 Å². The summed E-state index contributed by atoms with van der Waals surface area (Å²) in [6, 6.07) is 14.7. The average molecular weight is 352 g/mol. The third-order valence-electron chi connectivity index (χ3n) is 4.30. The van der Waals surface area contributed by atoms with Crippen molar-refractivity contribution in [1.82, 2.24) is 4.90 Å². The Kier molecular flexibility index (Phi) is 5.31. The van der Waals surface area contributed by atoms with E-state index < -0.39 is 5.97 Å². The predicted octanol–water partition coefficient (Wildman–Crippen LogP) is 2.39. The van der Waals surface area contributed by atoms with Gasteiger partial charge in [-0.3, -0.25) is 14.4 Å². The molecule has 6 nitrogen and oxygen atoms in total. The molecule has 0 fully saturated rings. The third kappa shape index (κ3) is 4.08. The second-order valence-electron chi connectivity index (χ2n) is 6.14. The Morgan fingerprint density at radius 3 is 2.62 bits per heavy atom. The van der Waals surface area contributed by atoms with E-state index in [9.17, 15) is 14.4 Å². The van der Waals surface area contributed by atoms with Crippen molar-refractivity contribution in [3.63, 3.8) is 0 Å². The molecule has 2 aromatic carbocycles. The molecule has 0 aliphatic carbocycles. The molecule has 6 heteroatoms. The van der Waals surface area contributed by atoms with Gasteiger partial charge in [-0.25, -0.2) is 0 Å². The number of hydrogen-bond acceptors (Lipinski definition) is 4. The SMILES string of the molecule is COC(=O)CN(Cc1ccccc1)C(=O)c1ccc2c(c1)CCC(=O)N2. The monoisotopic (exact) mass is 352 g/mol. The summed E-state index contributed by atoms with van der Waals surface area (Å²) >= 11 is 0. The van der Waals surface area contributed by atoms with Crippen LogP contribution in [0.15, 0.2) is 48.5 Å². The van der Waals surface area contributed by atoms with E-state index in [1.54, 1.807) is 18.2 Å². The second-order valence-corrected chi connectivity index (χ2v) is 6.14. The van der Waals surface area contributed by atoms with Crippen LogP contribution in [0, 0.1) is 0 Å². The molecule has 3 rings (SSSR count). The zero-order chi connectivity index (χ0) is 18.5. The Morgan fingerprint density at radius 2 is 1.88 bits per heavy atom. The van der Waals surface area contributed by atoms with Gasteiger partial charge in [0.1, 0.15) is 6.54 Å². The lowest BCUT2D eigenvalue weighted by Crippen LogP contribution is -2.36. The van der Waals surface area contributed by atoms with Crippen LogP contribution in [-0.2, 0) is 27.3 Å². The molecule has 0 bridgehead atoms. The van der Waals surface area contributed by atoms with Crippen molar-refractivity contribution in [2.45, 2.75) is 19.4 Å². The number of fused-ring (bicyclic) bond motifs is 1. The first-order valence-corrected chi connectivity index (χ1v) is 8.39. The Labute approximate surface area is 151 Å². The quantitative estimate of drug-likeness (QED) is 0.839. The molecule has 0 spiro atoms. The molecular formula is C20H20N2O4. The summed E-state index contributed by atoms with van der Waals surface area (Å²) in [5, 5.41) is 2.80. The fraction of sp³-hybridized carbons (Fsp3) is 0.250. The van der Waals surface area contributed by atoms with Crippen LogP contribution in [0.25, 0.3) is 0 Å². The van der Waals surface area contributed by atoms with Crippen molar-refractivity contribution in [2.75, 3.05) is 19.0 Å². The van der Waals surface area contributed by atoms with Crippen LogP contribution in [0.2, 0.25) is 0 Å². The molecular weight excluding hydrogens is 332 g/mol. The van der Waals surface area contributed by atoms with Gasteiger partial charge in [-0.05, 0) is 35.7 Å². The first-order valence-electron chi connectivity index (χ1n) is 8.39. The van der Waals surface area contributed by atoms with Crippen LogP contribution < -0.4 is 5.32 Å². The lowest BCUT2D eigenvalue weighted by Gasteiger charge is -2.23. The van der Waals surface area contributed by atoms with Gasteiger partial charge in [0.05, 0.1) is 7.11 Å². The zero-order valence-electron chi connectivity index (χ0n) is 14.5. The summed E-state index contributed by atoms with van der Waals surface area (Å²) in [6.07, 6.45) is 0.999. The molecule has 0 saturated heterocycles. The number of carbonyl (C=O) groups excluding carboxylic acids is 3. The summed E-state index contributed by atoms with van der Waals surface area (Å²) in [4.78, 5) is 37.7. The topological polar surface area (TPSA) is 75.7 Å². The van der Waals surface area contributed by atoms with Gasteiger partial charge < -0.3 is 15.0 Å². The minimum Gasteiger partial charge on any atom is -0.468 e. The molecule has 0 atom stereocenters. The van der Waals surface area contributed by atoms with Crippen LogP contribution in [0.4, 0.5) is 5.69 Å². The number of methoxy groups -OCH3 is 1. The summed E-state index contributed by atoms with van der Waals surface area (Å²) in [5.74, 6) is -0.744. The lowest BCUT2D eigenvalue weighted by molar-refractivity contribution is -0.141. The minimum atomic E-state index is -0.473. The van der Waals surface area contributed by atoms with Crippen LogP contribution in [0.1, 0.15) is 27.9 Å². The highest BCUT2D eigenvalue weighted by Gasteiger charge is 2.22. The summed E-state index contributed by atoms with van der Waals surface area (Å²) in [5.41, 5.74) is 3.07. The van der Waals surface area contributed by atoms with E-state index in [2.05, 4.69) is 5.32 Å². The third-order valence-corrected chi connectivity index (χ3v) is 4.30. The fourth-order valence-corrected chi connectivity index (χ4v) is 2.92. The lowest BCUT2D eigenvalue weighted by atomic mass is 10.00. The standard InChI is InChI=1S/C20H20N2O4/c1-26-19(24)13-22(12-14-5-3-2-4-6-14)20(25)16-7-9-17-15(11-16)8-10-18(23)21-17/h2-7,9,11H,8,10,12-13H2,1H3,(H,21,23). The number of esters is 1. The highest BCUT2D eigenvalue weighted by atomic mass is 16.5. The maximum Gasteiger partial charge on any atom is 0.325 e. The van der Waals surface area contributed by atoms with Crippen LogP contribution in [0.5, 0.6) is 0 Å². The highest BCUT2D eigenvalue weighted by molar-refractivity contribution is 5.98. The predicted molar refractivity (Wildman–Crippen MR) is 96.6 cm³/mol. The summed E-state index contributed by atoms with van der Waals surface area (Å²) < 4.78 is 4.73. The van der Waals surface area contributed by atoms with E-state index in [-0.39, 0.29) is 18.4 Å². The van der Waals surface area contributed by atoms with Crippen molar-refractivity contribution in [3.05, 3.63) is 65.2 Å². The van der Waals surface area contributed by atoms with Gasteiger partial charge in [-0.2, -0.15) is 0 Å². The van der Waals surface area contributed by atoms with E-state index in [4.69, 9.17) is 4.74 Å². The number of hydrogen-bond donors (Lipinski definition) is 1.